The number of rotatable bonds is 4. The van der Waals surface area contributed by atoms with Crippen molar-refractivity contribution in [3.05, 3.63) is 32.5 Å². The number of hydrogen-bond acceptors (Lipinski definition) is 5. The fourth-order valence-electron chi connectivity index (χ4n) is 2.99. The molecule has 1 atom stereocenters. The van der Waals surface area contributed by atoms with Gasteiger partial charge in [0.05, 0.1) is 16.7 Å². The second-order valence-electron chi connectivity index (χ2n) is 6.70. The summed E-state index contributed by atoms with van der Waals surface area (Å²) in [6.07, 6.45) is 0.889. The van der Waals surface area contributed by atoms with E-state index in [0.29, 0.717) is 18.2 Å². The van der Waals surface area contributed by atoms with Gasteiger partial charge in [-0.1, -0.05) is 13.8 Å². The Morgan fingerprint density at radius 1 is 1.32 bits per heavy atom. The van der Waals surface area contributed by atoms with E-state index in [1.165, 1.54) is 0 Å². The zero-order chi connectivity index (χ0) is 17.4. The van der Waals surface area contributed by atoms with Crippen molar-refractivity contribution in [3.63, 3.8) is 0 Å². The predicted molar refractivity (Wildman–Crippen MR) is 103 cm³/mol. The minimum absolute atomic E-state index is 0. The highest BCUT2D eigenvalue weighted by molar-refractivity contribution is 7.11. The molecule has 2 aromatic heterocycles. The molecule has 0 aliphatic carbocycles. The largest absolute Gasteiger partial charge is 0.333 e. The Kier molecular flexibility index (Phi) is 6.24. The van der Waals surface area contributed by atoms with E-state index >= 15 is 0 Å². The van der Waals surface area contributed by atoms with E-state index in [0.717, 1.165) is 39.8 Å². The lowest BCUT2D eigenvalue weighted by atomic mass is 10.1. The number of hydrogen-bond donors (Lipinski definition) is 2. The summed E-state index contributed by atoms with van der Waals surface area (Å²) >= 11 is 1.70. The molecule has 3 rings (SSSR count). The van der Waals surface area contributed by atoms with Crippen molar-refractivity contribution in [2.24, 2.45) is 0 Å². The summed E-state index contributed by atoms with van der Waals surface area (Å²) in [5, 5.41) is 11.7. The van der Waals surface area contributed by atoms with Crippen molar-refractivity contribution in [2.45, 2.75) is 52.6 Å². The average Bonchev–Trinajstić information content (AvgIpc) is 3.16. The minimum atomic E-state index is -0.0393. The first kappa shape index (κ1) is 19.9. The number of aromatic amines is 1. The van der Waals surface area contributed by atoms with Gasteiger partial charge in [-0.25, -0.2) is 4.98 Å². The Labute approximate surface area is 158 Å². The monoisotopic (exact) mass is 383 g/mol. The Morgan fingerprint density at radius 3 is 2.68 bits per heavy atom. The molecule has 0 spiro atoms. The van der Waals surface area contributed by atoms with Gasteiger partial charge in [-0.15, -0.1) is 23.7 Å². The number of aryl methyl sites for hydroxylation is 1. The standard InChI is InChI=1S/C17H25N5OS.ClH/c1-9(2)16-19-10(3)15(24-16)11(4)22(5)17(23)14-12-8-18-7-6-13(12)20-21-14;/h9,11,18H,6-8H2,1-5H3,(H,20,21);1H. The molecule has 138 valence electrons. The summed E-state index contributed by atoms with van der Waals surface area (Å²) in [4.78, 5) is 20.5. The SMILES string of the molecule is Cc1nc(C(C)C)sc1C(C)N(C)C(=O)c1n[nH]c2c1CNCC2.Cl. The number of carbonyl (C=O) groups excluding carboxylic acids is 1. The van der Waals surface area contributed by atoms with Gasteiger partial charge in [0.15, 0.2) is 5.69 Å². The molecule has 1 aliphatic heterocycles. The van der Waals surface area contributed by atoms with Gasteiger partial charge in [0.25, 0.3) is 5.91 Å². The maximum Gasteiger partial charge on any atom is 0.274 e. The number of fused-ring (bicyclic) bond motifs is 1. The zero-order valence-electron chi connectivity index (χ0n) is 15.3. The molecule has 2 N–H and O–H groups in total. The quantitative estimate of drug-likeness (QED) is 0.850. The number of nitrogens with zero attached hydrogens (tertiary/aromatic N) is 3. The van der Waals surface area contributed by atoms with Gasteiger partial charge in [0.1, 0.15) is 0 Å². The molecule has 1 aliphatic rings. The molecule has 2 aromatic rings. The number of aromatic nitrogens is 3. The Morgan fingerprint density at radius 2 is 2.04 bits per heavy atom. The van der Waals surface area contributed by atoms with Crippen LogP contribution in [0.4, 0.5) is 0 Å². The highest BCUT2D eigenvalue weighted by atomic mass is 35.5. The Balaban J connectivity index is 0.00000225. The molecular weight excluding hydrogens is 358 g/mol. The van der Waals surface area contributed by atoms with Crippen molar-refractivity contribution in [3.8, 4) is 0 Å². The molecule has 8 heteroatoms. The van der Waals surface area contributed by atoms with Crippen LogP contribution < -0.4 is 5.32 Å². The Bertz CT molecular complexity index is 754. The van der Waals surface area contributed by atoms with Gasteiger partial charge < -0.3 is 10.2 Å². The molecule has 0 saturated carbocycles. The van der Waals surface area contributed by atoms with E-state index in [2.05, 4.69) is 41.3 Å². The number of H-pyrrole nitrogens is 1. The van der Waals surface area contributed by atoms with Crippen LogP contribution >= 0.6 is 23.7 Å². The molecule has 0 radical (unpaired) electrons. The maximum absolute atomic E-state index is 12.9. The first-order chi connectivity index (χ1) is 11.4. The number of nitrogens with one attached hydrogen (secondary N) is 2. The first-order valence-electron chi connectivity index (χ1n) is 8.41. The van der Waals surface area contributed by atoms with Crippen molar-refractivity contribution >= 4 is 29.7 Å². The Hall–Kier alpha value is -1.44. The van der Waals surface area contributed by atoms with Crippen LogP contribution in [-0.4, -0.2) is 39.6 Å². The molecular formula is C17H26ClN5OS. The van der Waals surface area contributed by atoms with Gasteiger partial charge in [-0.3, -0.25) is 9.89 Å². The summed E-state index contributed by atoms with van der Waals surface area (Å²) in [5.41, 5.74) is 3.64. The molecule has 0 bridgehead atoms. The normalized spacial score (nSPS) is 14.8. The number of amides is 1. The van der Waals surface area contributed by atoms with Crippen molar-refractivity contribution < 1.29 is 4.79 Å². The van der Waals surface area contributed by atoms with Crippen LogP contribution in [0.15, 0.2) is 0 Å². The maximum atomic E-state index is 12.9. The van der Waals surface area contributed by atoms with Crippen LogP contribution in [0.25, 0.3) is 0 Å². The molecule has 0 fully saturated rings. The molecule has 0 aromatic carbocycles. The summed E-state index contributed by atoms with van der Waals surface area (Å²) < 4.78 is 0. The van der Waals surface area contributed by atoms with Crippen LogP contribution in [0.5, 0.6) is 0 Å². The molecule has 3 heterocycles. The van der Waals surface area contributed by atoms with Gasteiger partial charge in [0, 0.05) is 48.6 Å². The zero-order valence-corrected chi connectivity index (χ0v) is 17.0. The fraction of sp³-hybridized carbons (Fsp3) is 0.588. The van der Waals surface area contributed by atoms with E-state index in [-0.39, 0.29) is 24.4 Å². The third kappa shape index (κ3) is 3.73. The smallest absolute Gasteiger partial charge is 0.274 e. The lowest BCUT2D eigenvalue weighted by molar-refractivity contribution is 0.0737. The van der Waals surface area contributed by atoms with Crippen LogP contribution in [0.2, 0.25) is 0 Å². The van der Waals surface area contributed by atoms with Crippen molar-refractivity contribution in [1.82, 2.24) is 25.4 Å². The van der Waals surface area contributed by atoms with E-state index in [1.807, 2.05) is 14.0 Å². The van der Waals surface area contributed by atoms with E-state index < -0.39 is 0 Å². The van der Waals surface area contributed by atoms with Crippen LogP contribution in [0.1, 0.15) is 70.1 Å². The van der Waals surface area contributed by atoms with Crippen molar-refractivity contribution in [1.29, 1.82) is 0 Å². The van der Waals surface area contributed by atoms with Crippen LogP contribution in [-0.2, 0) is 13.0 Å². The average molecular weight is 384 g/mol. The molecule has 1 unspecified atom stereocenters. The number of halogens is 1. The number of carbonyl (C=O) groups is 1. The molecule has 6 nitrogen and oxygen atoms in total. The van der Waals surface area contributed by atoms with Gasteiger partial charge in [-0.2, -0.15) is 5.10 Å². The van der Waals surface area contributed by atoms with E-state index in [1.54, 1.807) is 16.2 Å². The van der Waals surface area contributed by atoms with E-state index in [9.17, 15) is 4.79 Å². The molecule has 0 saturated heterocycles. The molecule has 1 amide bonds. The highest BCUT2D eigenvalue weighted by Crippen LogP contribution is 2.32. The van der Waals surface area contributed by atoms with Crippen LogP contribution in [0, 0.1) is 6.92 Å². The van der Waals surface area contributed by atoms with Gasteiger partial charge in [-0.05, 0) is 13.8 Å². The third-order valence-corrected chi connectivity index (χ3v) is 6.26. The van der Waals surface area contributed by atoms with Crippen LogP contribution in [0.3, 0.4) is 0 Å². The van der Waals surface area contributed by atoms with E-state index in [4.69, 9.17) is 0 Å². The molecule has 25 heavy (non-hydrogen) atoms. The first-order valence-corrected chi connectivity index (χ1v) is 9.23. The fourth-order valence-corrected chi connectivity index (χ4v) is 4.15. The highest BCUT2D eigenvalue weighted by Gasteiger charge is 2.28. The van der Waals surface area contributed by atoms with Gasteiger partial charge in [0.2, 0.25) is 0 Å². The third-order valence-electron chi connectivity index (χ3n) is 4.63. The summed E-state index contributed by atoms with van der Waals surface area (Å²) in [5.74, 6) is 0.364. The lowest BCUT2D eigenvalue weighted by Crippen LogP contribution is -2.32. The van der Waals surface area contributed by atoms with Crippen molar-refractivity contribution in [2.75, 3.05) is 13.6 Å². The van der Waals surface area contributed by atoms with Gasteiger partial charge >= 0.3 is 0 Å². The minimum Gasteiger partial charge on any atom is -0.333 e. The second kappa shape index (κ2) is 7.85. The lowest BCUT2D eigenvalue weighted by Gasteiger charge is -2.24. The predicted octanol–water partition coefficient (Wildman–Crippen LogP) is 3.20. The summed E-state index contributed by atoms with van der Waals surface area (Å²) in [7, 11) is 1.85. The number of thiazole rings is 1. The summed E-state index contributed by atoms with van der Waals surface area (Å²) in [6, 6.07) is -0.0219. The second-order valence-corrected chi connectivity index (χ2v) is 7.77. The topological polar surface area (TPSA) is 73.9 Å². The summed E-state index contributed by atoms with van der Waals surface area (Å²) in [6.45, 7) is 9.99.